The van der Waals surface area contributed by atoms with Crippen molar-refractivity contribution in [3.05, 3.63) is 43.4 Å². The number of hydrogen-bond acceptors (Lipinski definition) is 6. The molecule has 0 saturated heterocycles. The first kappa shape index (κ1) is 14.7. The first-order chi connectivity index (χ1) is 9.61. The van der Waals surface area contributed by atoms with E-state index >= 15 is 0 Å². The van der Waals surface area contributed by atoms with E-state index in [9.17, 15) is 9.59 Å². The maximum absolute atomic E-state index is 12.0. The summed E-state index contributed by atoms with van der Waals surface area (Å²) in [4.78, 5) is 23.2. The van der Waals surface area contributed by atoms with Gasteiger partial charge in [0.25, 0.3) is 5.56 Å². The standard InChI is InChI=1S/C12H12BrN3O3S/c1-19-10(17)6-16-12(18)11(13)9(5-15-16)14-4-8-2-3-20-7-8/h2-3,5,7,14H,4,6H2,1H3. The van der Waals surface area contributed by atoms with Crippen LogP contribution in [-0.4, -0.2) is 22.9 Å². The number of thiophene rings is 1. The average molecular weight is 358 g/mol. The Morgan fingerprint density at radius 3 is 3.05 bits per heavy atom. The van der Waals surface area contributed by atoms with Crippen LogP contribution >= 0.6 is 27.3 Å². The second kappa shape index (κ2) is 6.67. The molecular weight excluding hydrogens is 346 g/mol. The molecule has 0 fully saturated rings. The van der Waals surface area contributed by atoms with Gasteiger partial charge in [-0.05, 0) is 38.3 Å². The van der Waals surface area contributed by atoms with Crippen molar-refractivity contribution in [1.29, 1.82) is 0 Å². The van der Waals surface area contributed by atoms with Gasteiger partial charge in [0.15, 0.2) is 0 Å². The number of halogens is 1. The molecule has 20 heavy (non-hydrogen) atoms. The third kappa shape index (κ3) is 3.45. The summed E-state index contributed by atoms with van der Waals surface area (Å²) in [5, 5.41) is 11.1. The highest BCUT2D eigenvalue weighted by Crippen LogP contribution is 2.17. The normalized spacial score (nSPS) is 10.3. The molecule has 0 aromatic carbocycles. The topological polar surface area (TPSA) is 73.2 Å². The highest BCUT2D eigenvalue weighted by Gasteiger charge is 2.11. The number of methoxy groups -OCH3 is 1. The summed E-state index contributed by atoms with van der Waals surface area (Å²) in [6, 6.07) is 2.00. The fraction of sp³-hybridized carbons (Fsp3) is 0.250. The van der Waals surface area contributed by atoms with Crippen LogP contribution in [0.1, 0.15) is 5.56 Å². The number of nitrogens with zero attached hydrogens (tertiary/aromatic N) is 2. The van der Waals surface area contributed by atoms with Crippen LogP contribution in [0.2, 0.25) is 0 Å². The molecule has 106 valence electrons. The fourth-order valence-corrected chi connectivity index (χ4v) is 2.59. The number of esters is 1. The third-order valence-corrected chi connectivity index (χ3v) is 4.05. The molecule has 0 amide bonds. The van der Waals surface area contributed by atoms with Crippen LogP contribution in [0.25, 0.3) is 0 Å². The molecule has 6 nitrogen and oxygen atoms in total. The molecule has 0 radical (unpaired) electrons. The van der Waals surface area contributed by atoms with Crippen LogP contribution in [-0.2, 0) is 22.6 Å². The minimum Gasteiger partial charge on any atom is -0.468 e. The maximum Gasteiger partial charge on any atom is 0.327 e. The lowest BCUT2D eigenvalue weighted by Crippen LogP contribution is -2.28. The van der Waals surface area contributed by atoms with Gasteiger partial charge in [0.05, 0.1) is 19.0 Å². The highest BCUT2D eigenvalue weighted by atomic mass is 79.9. The SMILES string of the molecule is COC(=O)Cn1ncc(NCc2ccsc2)c(Br)c1=O. The molecule has 0 aliphatic carbocycles. The molecule has 0 spiro atoms. The largest absolute Gasteiger partial charge is 0.468 e. The van der Waals surface area contributed by atoms with Gasteiger partial charge in [0.2, 0.25) is 0 Å². The molecule has 2 heterocycles. The summed E-state index contributed by atoms with van der Waals surface area (Å²) >= 11 is 4.83. The van der Waals surface area contributed by atoms with E-state index in [1.54, 1.807) is 11.3 Å². The summed E-state index contributed by atoms with van der Waals surface area (Å²) < 4.78 is 5.89. The Bertz CT molecular complexity index is 654. The van der Waals surface area contributed by atoms with Gasteiger partial charge in [-0.15, -0.1) is 0 Å². The Balaban J connectivity index is 2.14. The van der Waals surface area contributed by atoms with Gasteiger partial charge >= 0.3 is 5.97 Å². The predicted molar refractivity (Wildman–Crippen MR) is 79.9 cm³/mol. The smallest absolute Gasteiger partial charge is 0.327 e. The van der Waals surface area contributed by atoms with Gasteiger partial charge in [0, 0.05) is 6.54 Å². The van der Waals surface area contributed by atoms with Crippen molar-refractivity contribution in [3.8, 4) is 0 Å². The molecule has 2 rings (SSSR count). The van der Waals surface area contributed by atoms with E-state index in [1.165, 1.54) is 13.3 Å². The molecule has 0 unspecified atom stereocenters. The zero-order chi connectivity index (χ0) is 14.5. The summed E-state index contributed by atoms with van der Waals surface area (Å²) in [6.07, 6.45) is 1.50. The quantitative estimate of drug-likeness (QED) is 0.826. The molecule has 1 N–H and O–H groups in total. The van der Waals surface area contributed by atoms with Crippen molar-refractivity contribution in [2.45, 2.75) is 13.1 Å². The van der Waals surface area contributed by atoms with Crippen LogP contribution < -0.4 is 10.9 Å². The number of rotatable bonds is 5. The first-order valence-electron chi connectivity index (χ1n) is 5.69. The number of carbonyl (C=O) groups is 1. The Morgan fingerprint density at radius 1 is 1.60 bits per heavy atom. The second-order valence-electron chi connectivity index (χ2n) is 3.90. The minimum atomic E-state index is -0.523. The molecule has 2 aromatic heterocycles. The monoisotopic (exact) mass is 357 g/mol. The maximum atomic E-state index is 12.0. The zero-order valence-electron chi connectivity index (χ0n) is 10.6. The number of hydrogen-bond donors (Lipinski definition) is 1. The van der Waals surface area contributed by atoms with Crippen molar-refractivity contribution >= 4 is 38.9 Å². The zero-order valence-corrected chi connectivity index (χ0v) is 13.0. The Kier molecular flexibility index (Phi) is 4.91. The lowest BCUT2D eigenvalue weighted by atomic mass is 10.3. The molecule has 2 aromatic rings. The summed E-state index contributed by atoms with van der Waals surface area (Å²) in [7, 11) is 1.26. The van der Waals surface area contributed by atoms with E-state index in [2.05, 4.69) is 31.1 Å². The summed E-state index contributed by atoms with van der Waals surface area (Å²) in [6.45, 7) is 0.392. The third-order valence-electron chi connectivity index (χ3n) is 2.55. The fourth-order valence-electron chi connectivity index (χ4n) is 1.48. The minimum absolute atomic E-state index is 0.210. The molecule has 0 aliphatic heterocycles. The van der Waals surface area contributed by atoms with Crippen molar-refractivity contribution in [3.63, 3.8) is 0 Å². The first-order valence-corrected chi connectivity index (χ1v) is 7.42. The van der Waals surface area contributed by atoms with Crippen molar-refractivity contribution in [2.75, 3.05) is 12.4 Å². The molecule has 0 aliphatic rings. The Morgan fingerprint density at radius 2 is 2.40 bits per heavy atom. The molecule has 0 atom stereocenters. The Hall–Kier alpha value is -1.67. The molecular formula is C12H12BrN3O3S. The molecule has 0 bridgehead atoms. The van der Waals surface area contributed by atoms with Gasteiger partial charge < -0.3 is 10.1 Å². The van der Waals surface area contributed by atoms with Crippen LogP contribution in [0, 0.1) is 0 Å². The van der Waals surface area contributed by atoms with E-state index in [0.29, 0.717) is 16.7 Å². The van der Waals surface area contributed by atoms with Gasteiger partial charge in [-0.1, -0.05) is 0 Å². The van der Waals surface area contributed by atoms with E-state index in [0.717, 1.165) is 10.2 Å². The van der Waals surface area contributed by atoms with E-state index in [4.69, 9.17) is 0 Å². The predicted octanol–water partition coefficient (Wildman–Crippen LogP) is 1.85. The van der Waals surface area contributed by atoms with Crippen LogP contribution in [0.15, 0.2) is 32.3 Å². The van der Waals surface area contributed by atoms with Crippen LogP contribution in [0.4, 0.5) is 5.69 Å². The van der Waals surface area contributed by atoms with E-state index in [-0.39, 0.29) is 12.1 Å². The number of aromatic nitrogens is 2. The average Bonchev–Trinajstić information content (AvgIpc) is 2.96. The lowest BCUT2D eigenvalue weighted by molar-refractivity contribution is -0.141. The number of anilines is 1. The Labute approximate surface area is 127 Å². The summed E-state index contributed by atoms with van der Waals surface area (Å²) in [5.74, 6) is -0.523. The van der Waals surface area contributed by atoms with Gasteiger partial charge in [-0.25, -0.2) is 4.68 Å². The number of ether oxygens (including phenoxy) is 1. The van der Waals surface area contributed by atoms with Gasteiger partial charge in [0.1, 0.15) is 11.0 Å². The molecule has 8 heteroatoms. The molecule has 0 saturated carbocycles. The van der Waals surface area contributed by atoms with Gasteiger partial charge in [-0.3, -0.25) is 9.59 Å². The van der Waals surface area contributed by atoms with Crippen LogP contribution in [0.3, 0.4) is 0 Å². The van der Waals surface area contributed by atoms with Crippen molar-refractivity contribution < 1.29 is 9.53 Å². The lowest BCUT2D eigenvalue weighted by Gasteiger charge is -2.09. The van der Waals surface area contributed by atoms with Crippen molar-refractivity contribution in [1.82, 2.24) is 9.78 Å². The number of nitrogens with one attached hydrogen (secondary N) is 1. The summed E-state index contributed by atoms with van der Waals surface area (Å²) in [5.41, 5.74) is 1.33. The second-order valence-corrected chi connectivity index (χ2v) is 5.47. The van der Waals surface area contributed by atoms with E-state index in [1.807, 2.05) is 16.8 Å². The van der Waals surface area contributed by atoms with Crippen molar-refractivity contribution in [2.24, 2.45) is 0 Å². The van der Waals surface area contributed by atoms with E-state index < -0.39 is 5.97 Å². The van der Waals surface area contributed by atoms with Crippen LogP contribution in [0.5, 0.6) is 0 Å². The van der Waals surface area contributed by atoms with Gasteiger partial charge in [-0.2, -0.15) is 16.4 Å². The highest BCUT2D eigenvalue weighted by molar-refractivity contribution is 9.10. The number of carbonyl (C=O) groups excluding carboxylic acids is 1.